The molecular formula is C16H24N2O3. The second-order valence-electron chi connectivity index (χ2n) is 5.29. The number of amides is 2. The first-order valence-corrected chi connectivity index (χ1v) is 7.52. The number of aryl methyl sites for hydroxylation is 1. The van der Waals surface area contributed by atoms with Crippen molar-refractivity contribution < 1.29 is 14.3 Å². The van der Waals surface area contributed by atoms with Crippen molar-refractivity contribution in [3.05, 3.63) is 23.8 Å². The molecular weight excluding hydrogens is 268 g/mol. The first-order valence-electron chi connectivity index (χ1n) is 7.52. The van der Waals surface area contributed by atoms with Gasteiger partial charge >= 0.3 is 6.03 Å². The summed E-state index contributed by atoms with van der Waals surface area (Å²) >= 11 is 0. The highest BCUT2D eigenvalue weighted by Gasteiger charge is 2.27. The molecule has 1 heterocycles. The molecule has 1 N–H and O–H groups in total. The molecule has 0 saturated carbocycles. The molecule has 1 aromatic rings. The fraction of sp³-hybridized carbons (Fsp3) is 0.562. The van der Waals surface area contributed by atoms with E-state index in [2.05, 4.69) is 5.32 Å². The Bertz CT molecular complexity index is 490. The lowest BCUT2D eigenvalue weighted by atomic mass is 10.1. The Morgan fingerprint density at radius 2 is 2.33 bits per heavy atom. The van der Waals surface area contributed by atoms with Crippen molar-refractivity contribution in [2.24, 2.45) is 0 Å². The van der Waals surface area contributed by atoms with Crippen molar-refractivity contribution in [1.29, 1.82) is 0 Å². The van der Waals surface area contributed by atoms with Crippen LogP contribution in [0.15, 0.2) is 18.2 Å². The van der Waals surface area contributed by atoms with Crippen LogP contribution < -0.4 is 15.0 Å². The van der Waals surface area contributed by atoms with E-state index < -0.39 is 0 Å². The van der Waals surface area contributed by atoms with Crippen molar-refractivity contribution in [3.8, 4) is 5.75 Å². The zero-order valence-corrected chi connectivity index (χ0v) is 13.0. The van der Waals surface area contributed by atoms with Crippen LogP contribution in [0.2, 0.25) is 0 Å². The monoisotopic (exact) mass is 292 g/mol. The maximum absolute atomic E-state index is 12.4. The molecule has 1 atom stereocenters. The van der Waals surface area contributed by atoms with Gasteiger partial charge in [-0.25, -0.2) is 4.79 Å². The van der Waals surface area contributed by atoms with E-state index >= 15 is 0 Å². The summed E-state index contributed by atoms with van der Waals surface area (Å²) in [5.74, 6) is 0.767. The highest BCUT2D eigenvalue weighted by atomic mass is 16.5. The second-order valence-corrected chi connectivity index (χ2v) is 5.29. The standard InChI is InChI=1S/C16H24N2O3/c1-4-20-9-5-8-17-16(19)18-11-13(3)21-15-7-6-12(2)10-14(15)18/h6-7,10,13H,4-5,8-9,11H2,1-3H3,(H,17,19)/t13-/m0/s1. The second kappa shape index (κ2) is 7.31. The fourth-order valence-corrected chi connectivity index (χ4v) is 2.35. The first-order chi connectivity index (χ1) is 10.1. The number of carbonyl (C=O) groups is 1. The van der Waals surface area contributed by atoms with Crippen LogP contribution in [-0.4, -0.2) is 38.4 Å². The van der Waals surface area contributed by atoms with Crippen molar-refractivity contribution in [3.63, 3.8) is 0 Å². The van der Waals surface area contributed by atoms with Crippen LogP contribution in [0.4, 0.5) is 10.5 Å². The van der Waals surface area contributed by atoms with Gasteiger partial charge in [0.1, 0.15) is 11.9 Å². The van der Waals surface area contributed by atoms with Crippen LogP contribution in [0, 0.1) is 6.92 Å². The number of ether oxygens (including phenoxy) is 2. The number of nitrogens with one attached hydrogen (secondary N) is 1. The lowest BCUT2D eigenvalue weighted by Crippen LogP contribution is -2.47. The minimum Gasteiger partial charge on any atom is -0.487 e. The number of rotatable bonds is 5. The molecule has 5 heteroatoms. The SMILES string of the molecule is CCOCCCNC(=O)N1C[C@H](C)Oc2ccc(C)cc21. The molecule has 1 aliphatic heterocycles. The molecule has 0 aliphatic carbocycles. The Kier molecular flexibility index (Phi) is 5.44. The number of benzene rings is 1. The molecule has 1 aliphatic rings. The lowest BCUT2D eigenvalue weighted by molar-refractivity contribution is 0.145. The van der Waals surface area contributed by atoms with Gasteiger partial charge < -0.3 is 14.8 Å². The van der Waals surface area contributed by atoms with Crippen LogP contribution in [-0.2, 0) is 4.74 Å². The number of hydrogen-bond donors (Lipinski definition) is 1. The number of anilines is 1. The summed E-state index contributed by atoms with van der Waals surface area (Å²) in [6.45, 7) is 8.51. The quantitative estimate of drug-likeness (QED) is 0.849. The summed E-state index contributed by atoms with van der Waals surface area (Å²) in [5, 5.41) is 2.94. The van der Waals surface area contributed by atoms with Gasteiger partial charge in [0, 0.05) is 19.8 Å². The minimum absolute atomic E-state index is 0.00520. The molecule has 2 rings (SSSR count). The molecule has 0 aromatic heterocycles. The fourth-order valence-electron chi connectivity index (χ4n) is 2.35. The van der Waals surface area contributed by atoms with Gasteiger partial charge in [0.25, 0.3) is 0 Å². The Hall–Kier alpha value is -1.75. The van der Waals surface area contributed by atoms with Gasteiger partial charge in [0.15, 0.2) is 0 Å². The van der Waals surface area contributed by atoms with E-state index in [0.29, 0.717) is 26.3 Å². The van der Waals surface area contributed by atoms with E-state index in [1.54, 1.807) is 4.90 Å². The highest BCUT2D eigenvalue weighted by Crippen LogP contribution is 2.34. The Balaban J connectivity index is 1.99. The Morgan fingerprint density at radius 3 is 3.10 bits per heavy atom. The summed E-state index contributed by atoms with van der Waals surface area (Å²) in [6.07, 6.45) is 0.814. The molecule has 116 valence electrons. The van der Waals surface area contributed by atoms with E-state index in [0.717, 1.165) is 23.4 Å². The largest absolute Gasteiger partial charge is 0.487 e. The molecule has 5 nitrogen and oxygen atoms in total. The Labute approximate surface area is 126 Å². The van der Waals surface area contributed by atoms with Crippen LogP contribution in [0.3, 0.4) is 0 Å². The van der Waals surface area contributed by atoms with Crippen molar-refractivity contribution in [2.45, 2.75) is 33.3 Å². The summed E-state index contributed by atoms with van der Waals surface area (Å²) in [4.78, 5) is 14.1. The summed E-state index contributed by atoms with van der Waals surface area (Å²) < 4.78 is 11.0. The molecule has 0 unspecified atom stereocenters. The molecule has 0 radical (unpaired) electrons. The van der Waals surface area contributed by atoms with E-state index in [9.17, 15) is 4.79 Å². The molecule has 2 amide bonds. The molecule has 0 saturated heterocycles. The zero-order chi connectivity index (χ0) is 15.2. The average Bonchev–Trinajstić information content (AvgIpc) is 2.46. The Morgan fingerprint density at radius 1 is 1.52 bits per heavy atom. The topological polar surface area (TPSA) is 50.8 Å². The molecule has 0 spiro atoms. The number of fused-ring (bicyclic) bond motifs is 1. The molecule has 1 aromatic carbocycles. The average molecular weight is 292 g/mol. The lowest BCUT2D eigenvalue weighted by Gasteiger charge is -2.33. The van der Waals surface area contributed by atoms with Crippen LogP contribution in [0.25, 0.3) is 0 Å². The number of hydrogen-bond acceptors (Lipinski definition) is 3. The number of carbonyl (C=O) groups excluding carboxylic acids is 1. The maximum Gasteiger partial charge on any atom is 0.322 e. The third-order valence-corrected chi connectivity index (χ3v) is 3.36. The van der Waals surface area contributed by atoms with Crippen LogP contribution in [0.5, 0.6) is 5.75 Å². The van der Waals surface area contributed by atoms with Gasteiger partial charge in [-0.1, -0.05) is 6.07 Å². The van der Waals surface area contributed by atoms with Gasteiger partial charge in [-0.15, -0.1) is 0 Å². The normalized spacial score (nSPS) is 17.1. The third kappa shape index (κ3) is 4.11. The van der Waals surface area contributed by atoms with Crippen molar-refractivity contribution in [2.75, 3.05) is 31.2 Å². The van der Waals surface area contributed by atoms with Gasteiger partial charge in [-0.05, 0) is 44.9 Å². The van der Waals surface area contributed by atoms with Gasteiger partial charge in [-0.2, -0.15) is 0 Å². The first kappa shape index (κ1) is 15.6. The smallest absolute Gasteiger partial charge is 0.322 e. The predicted octanol–water partition coefficient (Wildman–Crippen LogP) is 2.72. The molecule has 0 fully saturated rings. The van der Waals surface area contributed by atoms with Gasteiger partial charge in [0.2, 0.25) is 0 Å². The van der Waals surface area contributed by atoms with E-state index in [4.69, 9.17) is 9.47 Å². The predicted molar refractivity (Wildman–Crippen MR) is 83.1 cm³/mol. The van der Waals surface area contributed by atoms with E-state index in [1.165, 1.54) is 0 Å². The summed E-state index contributed by atoms with van der Waals surface area (Å²) in [6, 6.07) is 5.83. The molecule has 0 bridgehead atoms. The highest BCUT2D eigenvalue weighted by molar-refractivity contribution is 5.94. The van der Waals surface area contributed by atoms with E-state index in [-0.39, 0.29) is 12.1 Å². The summed E-state index contributed by atoms with van der Waals surface area (Å²) in [7, 11) is 0. The van der Waals surface area contributed by atoms with Crippen molar-refractivity contribution in [1.82, 2.24) is 5.32 Å². The number of urea groups is 1. The zero-order valence-electron chi connectivity index (χ0n) is 13.0. The van der Waals surface area contributed by atoms with E-state index in [1.807, 2.05) is 39.0 Å². The third-order valence-electron chi connectivity index (χ3n) is 3.36. The van der Waals surface area contributed by atoms with Gasteiger partial charge in [0.05, 0.1) is 12.2 Å². The van der Waals surface area contributed by atoms with Crippen LogP contribution >= 0.6 is 0 Å². The molecule has 21 heavy (non-hydrogen) atoms. The minimum atomic E-state index is -0.0755. The van der Waals surface area contributed by atoms with Gasteiger partial charge in [-0.3, -0.25) is 4.90 Å². The number of nitrogens with zero attached hydrogens (tertiary/aromatic N) is 1. The summed E-state index contributed by atoms with van der Waals surface area (Å²) in [5.41, 5.74) is 1.96. The van der Waals surface area contributed by atoms with Crippen molar-refractivity contribution >= 4 is 11.7 Å². The van der Waals surface area contributed by atoms with Crippen LogP contribution in [0.1, 0.15) is 25.8 Å². The maximum atomic E-state index is 12.4.